The summed E-state index contributed by atoms with van der Waals surface area (Å²) in [5, 5.41) is 15.4. The third kappa shape index (κ3) is 36.3. The Kier molecular flexibility index (Phi) is 18.3. The van der Waals surface area contributed by atoms with Crippen LogP contribution in [0.2, 0.25) is 0 Å². The average Bonchev–Trinajstić information content (AvgIpc) is 1.87. The molecule has 9 heteroatoms. The molecule has 0 amide bonds. The normalized spacial score (nSPS) is 7.15. The zero-order valence-electron chi connectivity index (χ0n) is 6.54. The molecule has 0 aliphatic carbocycles. The molecule has 0 bridgehead atoms. The van der Waals surface area contributed by atoms with Crippen LogP contribution in [0, 0.1) is 4.91 Å². The summed E-state index contributed by atoms with van der Waals surface area (Å²) in [7, 11) is 0. The number of hydrogen-bond donors (Lipinski definition) is 4. The first-order valence-corrected chi connectivity index (χ1v) is 2.97. The Labute approximate surface area is 78.8 Å². The summed E-state index contributed by atoms with van der Waals surface area (Å²) in [4.78, 5) is 27.8. The van der Waals surface area contributed by atoms with Crippen molar-refractivity contribution in [2.45, 2.75) is 0 Å². The highest BCUT2D eigenvalue weighted by Crippen LogP contribution is 1.80. The van der Waals surface area contributed by atoms with Crippen LogP contribution in [0.15, 0.2) is 5.34 Å². The van der Waals surface area contributed by atoms with E-state index < -0.39 is 17.7 Å². The number of ether oxygens (including phenoxy) is 1. The third-order valence-corrected chi connectivity index (χ3v) is 0.580. The van der Waals surface area contributed by atoms with Crippen LogP contribution in [0.3, 0.4) is 0 Å². The number of carboxylic acids is 1. The highest BCUT2D eigenvalue weighted by atomic mass is 32.1. The predicted octanol–water partition coefficient (Wildman–Crippen LogP) is -0.152. The second kappa shape index (κ2) is 13.4. The Morgan fingerprint density at radius 2 is 1.77 bits per heavy atom. The maximum Gasteiger partial charge on any atom is 0.329 e. The zero-order valence-corrected chi connectivity index (χ0v) is 7.44. The zero-order chi connectivity index (χ0) is 9.98. The fourth-order valence-corrected chi connectivity index (χ4v) is 0.317. The standard InChI is InChI=1S/C4H6O4S.HNO2.H3N/c5-3(6)1-8-2-4(7)9;2-1-3;/h1-2H2,(H,5,6)(H,7,9);(H,2,3);1H3. The number of hydrogen-bond acceptors (Lipinski definition) is 6. The molecule has 8 nitrogen and oxygen atoms in total. The van der Waals surface area contributed by atoms with Gasteiger partial charge in [-0.1, -0.05) is 0 Å². The molecule has 0 fully saturated rings. The van der Waals surface area contributed by atoms with Crippen molar-refractivity contribution in [1.29, 1.82) is 0 Å². The van der Waals surface area contributed by atoms with E-state index in [2.05, 4.69) is 17.4 Å². The van der Waals surface area contributed by atoms with Crippen LogP contribution in [0.4, 0.5) is 0 Å². The molecule has 5 N–H and O–H groups in total. The van der Waals surface area contributed by atoms with Gasteiger partial charge in [0.25, 0.3) is 0 Å². The van der Waals surface area contributed by atoms with Gasteiger partial charge in [-0.15, -0.1) is 17.5 Å². The van der Waals surface area contributed by atoms with Crippen molar-refractivity contribution in [2.24, 2.45) is 5.34 Å². The van der Waals surface area contributed by atoms with Gasteiger partial charge in [-0.25, -0.2) is 4.79 Å². The number of carbonyl (C=O) groups is 2. The quantitative estimate of drug-likeness (QED) is 0.288. The van der Waals surface area contributed by atoms with Crippen LogP contribution in [-0.2, 0) is 14.3 Å². The molecule has 0 saturated heterocycles. The molecule has 0 heterocycles. The van der Waals surface area contributed by atoms with Crippen LogP contribution in [0.1, 0.15) is 0 Å². The summed E-state index contributed by atoms with van der Waals surface area (Å²) >= 11 is 3.34. The van der Waals surface area contributed by atoms with Crippen molar-refractivity contribution in [3.8, 4) is 0 Å². The molecule has 0 aliphatic rings. The average molecular weight is 214 g/mol. The smallest absolute Gasteiger partial charge is 0.329 e. The van der Waals surface area contributed by atoms with Crippen LogP contribution in [0.5, 0.6) is 0 Å². The largest absolute Gasteiger partial charge is 0.480 e. The van der Waals surface area contributed by atoms with Crippen LogP contribution < -0.4 is 6.15 Å². The van der Waals surface area contributed by atoms with Gasteiger partial charge < -0.3 is 21.2 Å². The summed E-state index contributed by atoms with van der Waals surface area (Å²) in [5.74, 6) is -1.09. The molecule has 0 aliphatic heterocycles. The van der Waals surface area contributed by atoms with Crippen LogP contribution in [0.25, 0.3) is 0 Å². The maximum absolute atomic E-state index is 9.97. The van der Waals surface area contributed by atoms with E-state index in [0.29, 0.717) is 0 Å². The first kappa shape index (κ1) is 17.8. The summed E-state index contributed by atoms with van der Waals surface area (Å²) in [6, 6.07) is 0. The SMILES string of the molecule is N.O=C(O)COCC(=O)S.O=NO. The second-order valence-corrected chi connectivity index (χ2v) is 1.86. The number of thiol groups is 1. The molecule has 0 saturated carbocycles. The monoisotopic (exact) mass is 214 g/mol. The van der Waals surface area contributed by atoms with Crippen molar-refractivity contribution in [3.63, 3.8) is 0 Å². The van der Waals surface area contributed by atoms with Gasteiger partial charge in [0.2, 0.25) is 5.12 Å². The lowest BCUT2D eigenvalue weighted by atomic mass is 10.7. The maximum atomic E-state index is 9.97. The van der Waals surface area contributed by atoms with Gasteiger partial charge in [0.05, 0.1) is 0 Å². The minimum atomic E-state index is -1.09. The van der Waals surface area contributed by atoms with Gasteiger partial charge in [-0.3, -0.25) is 4.79 Å². The molecule has 0 aromatic heterocycles. The van der Waals surface area contributed by atoms with Gasteiger partial charge in [-0.2, -0.15) is 0 Å². The molecule has 0 aromatic carbocycles. The molecule has 0 unspecified atom stereocenters. The first-order valence-electron chi connectivity index (χ1n) is 2.52. The molecular weight excluding hydrogens is 204 g/mol. The minimum Gasteiger partial charge on any atom is -0.480 e. The minimum absolute atomic E-state index is 0. The van der Waals surface area contributed by atoms with Gasteiger partial charge in [-0.05, 0) is 0 Å². The fraction of sp³-hybridized carbons (Fsp3) is 0.500. The van der Waals surface area contributed by atoms with E-state index in [1.807, 2.05) is 0 Å². The van der Waals surface area contributed by atoms with E-state index in [4.69, 9.17) is 15.2 Å². The number of rotatable bonds is 4. The number of carbonyl (C=O) groups excluding carboxylic acids is 1. The van der Waals surface area contributed by atoms with Gasteiger partial charge >= 0.3 is 5.97 Å². The number of carboxylic acid groups (broad SMARTS) is 1. The van der Waals surface area contributed by atoms with Gasteiger partial charge in [0.1, 0.15) is 13.2 Å². The molecule has 0 radical (unpaired) electrons. The van der Waals surface area contributed by atoms with Crippen molar-refractivity contribution < 1.29 is 24.6 Å². The van der Waals surface area contributed by atoms with Crippen molar-refractivity contribution in [1.82, 2.24) is 6.15 Å². The summed E-state index contributed by atoms with van der Waals surface area (Å²) in [5.41, 5.74) is 0. The molecule has 0 aromatic rings. The van der Waals surface area contributed by atoms with Crippen molar-refractivity contribution in [2.75, 3.05) is 13.2 Å². The number of aliphatic carboxylic acids is 1. The van der Waals surface area contributed by atoms with Crippen molar-refractivity contribution in [3.05, 3.63) is 4.91 Å². The van der Waals surface area contributed by atoms with E-state index >= 15 is 0 Å². The first-order chi connectivity index (χ1) is 5.54. The Hall–Kier alpha value is -1.19. The summed E-state index contributed by atoms with van der Waals surface area (Å²) < 4.78 is 4.33. The van der Waals surface area contributed by atoms with Gasteiger partial charge in [0, 0.05) is 0 Å². The van der Waals surface area contributed by atoms with E-state index in [9.17, 15) is 9.59 Å². The van der Waals surface area contributed by atoms with E-state index in [1.54, 1.807) is 0 Å². The second-order valence-electron chi connectivity index (χ2n) is 1.36. The molecule has 0 spiro atoms. The Bertz CT molecular complexity index is 149. The number of nitrogens with zero attached hydrogens (tertiary/aromatic N) is 1. The highest BCUT2D eigenvalue weighted by Gasteiger charge is 1.97. The lowest BCUT2D eigenvalue weighted by Crippen LogP contribution is -2.10. The molecule has 0 atom stereocenters. The molecule has 0 rings (SSSR count). The fourth-order valence-electron chi connectivity index (χ4n) is 0.226. The Balaban J connectivity index is -0.000000220. The summed E-state index contributed by atoms with van der Waals surface area (Å²) in [6.07, 6.45) is 0. The van der Waals surface area contributed by atoms with Crippen molar-refractivity contribution >= 4 is 23.7 Å². The highest BCUT2D eigenvalue weighted by molar-refractivity contribution is 7.96. The van der Waals surface area contributed by atoms with E-state index in [-0.39, 0.29) is 12.8 Å². The van der Waals surface area contributed by atoms with E-state index in [0.717, 1.165) is 0 Å². The molecule has 78 valence electrons. The van der Waals surface area contributed by atoms with Crippen LogP contribution >= 0.6 is 12.6 Å². The molecule has 13 heavy (non-hydrogen) atoms. The predicted molar refractivity (Wildman–Crippen MR) is 45.1 cm³/mol. The van der Waals surface area contributed by atoms with E-state index in [1.165, 1.54) is 5.34 Å². The van der Waals surface area contributed by atoms with Crippen LogP contribution in [-0.4, -0.2) is 34.6 Å². The van der Waals surface area contributed by atoms with Gasteiger partial charge in [0.15, 0.2) is 5.34 Å². The lowest BCUT2D eigenvalue weighted by molar-refractivity contribution is -0.142. The Morgan fingerprint density at radius 3 is 2.00 bits per heavy atom. The third-order valence-electron chi connectivity index (χ3n) is 0.451. The Morgan fingerprint density at radius 1 is 1.38 bits per heavy atom. The summed E-state index contributed by atoms with van der Waals surface area (Å²) in [6.45, 7) is -0.707. The molecular formula is C4H10N2O6S. The topological polar surface area (TPSA) is 148 Å². The lowest BCUT2D eigenvalue weighted by Gasteiger charge is -1.93.